The van der Waals surface area contributed by atoms with Crippen molar-refractivity contribution in [1.82, 2.24) is 5.32 Å². The SMILES string of the molecule is CCNC(=N)Nc1ccc(NCC)c(CN)c1.Cl.Cl.Cl. The van der Waals surface area contributed by atoms with Crippen LogP contribution in [-0.4, -0.2) is 19.0 Å². The van der Waals surface area contributed by atoms with Crippen LogP contribution in [0.2, 0.25) is 0 Å². The average Bonchev–Trinajstić information content (AvgIpc) is 2.31. The number of rotatable bonds is 5. The largest absolute Gasteiger partial charge is 0.385 e. The lowest BCUT2D eigenvalue weighted by Crippen LogP contribution is -2.29. The van der Waals surface area contributed by atoms with Crippen molar-refractivity contribution >= 4 is 54.6 Å². The highest BCUT2D eigenvalue weighted by Gasteiger charge is 2.02. The predicted molar refractivity (Wildman–Crippen MR) is 95.3 cm³/mol. The summed E-state index contributed by atoms with van der Waals surface area (Å²) in [5.41, 5.74) is 8.67. The highest BCUT2D eigenvalue weighted by molar-refractivity contribution is 5.91. The molecular weight excluding hydrogens is 321 g/mol. The molecule has 5 nitrogen and oxygen atoms in total. The van der Waals surface area contributed by atoms with Crippen LogP contribution in [0.4, 0.5) is 11.4 Å². The Morgan fingerprint density at radius 3 is 2.30 bits per heavy atom. The molecule has 0 unspecified atom stereocenters. The number of nitrogens with one attached hydrogen (secondary N) is 4. The van der Waals surface area contributed by atoms with Gasteiger partial charge in [-0.05, 0) is 37.6 Å². The Morgan fingerprint density at radius 1 is 1.15 bits per heavy atom. The Balaban J connectivity index is -0.000000963. The second-order valence-corrected chi connectivity index (χ2v) is 3.64. The molecule has 0 fully saturated rings. The van der Waals surface area contributed by atoms with Gasteiger partial charge in [-0.1, -0.05) is 0 Å². The van der Waals surface area contributed by atoms with E-state index in [9.17, 15) is 0 Å². The van der Waals surface area contributed by atoms with Gasteiger partial charge in [-0.2, -0.15) is 0 Å². The summed E-state index contributed by atoms with van der Waals surface area (Å²) in [6, 6.07) is 5.88. The van der Waals surface area contributed by atoms with E-state index in [1.807, 2.05) is 32.0 Å². The van der Waals surface area contributed by atoms with Gasteiger partial charge < -0.3 is 21.7 Å². The van der Waals surface area contributed by atoms with E-state index in [0.29, 0.717) is 12.5 Å². The molecule has 1 aromatic rings. The first kappa shape index (κ1) is 24.2. The fourth-order valence-corrected chi connectivity index (χ4v) is 1.57. The predicted octanol–water partition coefficient (Wildman–Crippen LogP) is 2.80. The van der Waals surface area contributed by atoms with Crippen LogP contribution in [0.3, 0.4) is 0 Å². The van der Waals surface area contributed by atoms with Gasteiger partial charge >= 0.3 is 0 Å². The van der Waals surface area contributed by atoms with Crippen molar-refractivity contribution in [3.05, 3.63) is 23.8 Å². The van der Waals surface area contributed by atoms with Gasteiger partial charge in [0, 0.05) is 31.0 Å². The van der Waals surface area contributed by atoms with Crippen LogP contribution in [-0.2, 0) is 6.54 Å². The zero-order chi connectivity index (χ0) is 12.7. The molecule has 0 aliphatic rings. The second kappa shape index (κ2) is 13.1. The fourth-order valence-electron chi connectivity index (χ4n) is 1.57. The van der Waals surface area contributed by atoms with Gasteiger partial charge in [0.2, 0.25) is 0 Å². The van der Waals surface area contributed by atoms with Gasteiger partial charge in [-0.25, -0.2) is 0 Å². The van der Waals surface area contributed by atoms with E-state index < -0.39 is 0 Å². The number of nitrogens with two attached hydrogens (primary N) is 1. The number of benzene rings is 1. The fraction of sp³-hybridized carbons (Fsp3) is 0.417. The third-order valence-corrected chi connectivity index (χ3v) is 2.32. The first-order valence-corrected chi connectivity index (χ1v) is 5.87. The van der Waals surface area contributed by atoms with Crippen LogP contribution in [0.1, 0.15) is 19.4 Å². The maximum atomic E-state index is 7.62. The van der Waals surface area contributed by atoms with E-state index in [1.54, 1.807) is 0 Å². The minimum absolute atomic E-state index is 0. The molecule has 0 heterocycles. The Morgan fingerprint density at radius 2 is 1.80 bits per heavy atom. The third-order valence-electron chi connectivity index (χ3n) is 2.32. The van der Waals surface area contributed by atoms with E-state index in [2.05, 4.69) is 16.0 Å². The Hall–Kier alpha value is -0.880. The monoisotopic (exact) mass is 343 g/mol. The summed E-state index contributed by atoms with van der Waals surface area (Å²) < 4.78 is 0. The molecule has 0 bridgehead atoms. The Labute approximate surface area is 139 Å². The Bertz CT molecular complexity index is 387. The first-order valence-electron chi connectivity index (χ1n) is 5.87. The van der Waals surface area contributed by atoms with Crippen LogP contribution in [0.25, 0.3) is 0 Å². The smallest absolute Gasteiger partial charge is 0.192 e. The molecule has 0 saturated heterocycles. The molecule has 0 amide bonds. The molecule has 1 rings (SSSR count). The van der Waals surface area contributed by atoms with Gasteiger partial charge in [0.25, 0.3) is 0 Å². The van der Waals surface area contributed by atoms with E-state index in [0.717, 1.165) is 30.0 Å². The van der Waals surface area contributed by atoms with Crippen LogP contribution in [0.5, 0.6) is 0 Å². The van der Waals surface area contributed by atoms with Gasteiger partial charge in [0.1, 0.15) is 0 Å². The first-order chi connectivity index (χ1) is 8.21. The Kier molecular flexibility index (Phi) is 15.8. The van der Waals surface area contributed by atoms with E-state index in [4.69, 9.17) is 11.1 Å². The van der Waals surface area contributed by atoms with Gasteiger partial charge in [-0.15, -0.1) is 37.2 Å². The summed E-state index contributed by atoms with van der Waals surface area (Å²) in [6.07, 6.45) is 0. The molecule has 1 aromatic carbocycles. The molecule has 0 aromatic heterocycles. The van der Waals surface area contributed by atoms with Crippen LogP contribution in [0, 0.1) is 5.41 Å². The molecular formula is C12H24Cl3N5. The summed E-state index contributed by atoms with van der Waals surface area (Å²) >= 11 is 0. The van der Waals surface area contributed by atoms with Gasteiger partial charge in [-0.3, -0.25) is 5.41 Å². The molecule has 0 aliphatic carbocycles. The number of halogens is 3. The van der Waals surface area contributed by atoms with E-state index >= 15 is 0 Å². The summed E-state index contributed by atoms with van der Waals surface area (Å²) in [4.78, 5) is 0. The molecule has 20 heavy (non-hydrogen) atoms. The highest BCUT2D eigenvalue weighted by atomic mass is 35.5. The standard InChI is InChI=1S/C12H21N5.3ClH/c1-3-15-11-6-5-10(7-9(11)8-13)17-12(14)16-4-2;;;/h5-7,15H,3-4,8,13H2,1-2H3,(H3,14,16,17);3*1H. The van der Waals surface area contributed by atoms with Crippen LogP contribution < -0.4 is 21.7 Å². The summed E-state index contributed by atoms with van der Waals surface area (Å²) in [7, 11) is 0. The summed E-state index contributed by atoms with van der Waals surface area (Å²) in [6.45, 7) is 6.08. The normalized spacial score (nSPS) is 8.35. The zero-order valence-electron chi connectivity index (χ0n) is 11.7. The maximum absolute atomic E-state index is 7.62. The number of anilines is 2. The number of hydrogen-bond acceptors (Lipinski definition) is 3. The maximum Gasteiger partial charge on any atom is 0.192 e. The minimum atomic E-state index is 0. The highest BCUT2D eigenvalue weighted by Crippen LogP contribution is 2.19. The van der Waals surface area contributed by atoms with Crippen molar-refractivity contribution < 1.29 is 0 Å². The van der Waals surface area contributed by atoms with Crippen molar-refractivity contribution in [3.63, 3.8) is 0 Å². The van der Waals surface area contributed by atoms with E-state index in [1.165, 1.54) is 0 Å². The number of guanidine groups is 1. The van der Waals surface area contributed by atoms with Gasteiger partial charge in [0.05, 0.1) is 0 Å². The molecule has 8 heteroatoms. The lowest BCUT2D eigenvalue weighted by Gasteiger charge is -2.13. The second-order valence-electron chi connectivity index (χ2n) is 3.64. The van der Waals surface area contributed by atoms with Crippen molar-refractivity contribution in [1.29, 1.82) is 5.41 Å². The topological polar surface area (TPSA) is 86.0 Å². The molecule has 0 atom stereocenters. The summed E-state index contributed by atoms with van der Waals surface area (Å²) in [5, 5.41) is 16.7. The molecule has 118 valence electrons. The minimum Gasteiger partial charge on any atom is -0.385 e. The lowest BCUT2D eigenvalue weighted by atomic mass is 10.1. The lowest BCUT2D eigenvalue weighted by molar-refractivity contribution is 0.953. The molecule has 0 aliphatic heterocycles. The molecule has 0 spiro atoms. The molecule has 0 saturated carbocycles. The third kappa shape index (κ3) is 7.65. The van der Waals surface area contributed by atoms with Gasteiger partial charge in [0.15, 0.2) is 5.96 Å². The number of hydrogen-bond donors (Lipinski definition) is 5. The quantitative estimate of drug-likeness (QED) is 0.420. The average molecular weight is 345 g/mol. The molecule has 6 N–H and O–H groups in total. The van der Waals surface area contributed by atoms with Crippen molar-refractivity contribution in [3.8, 4) is 0 Å². The van der Waals surface area contributed by atoms with Crippen molar-refractivity contribution in [2.24, 2.45) is 5.73 Å². The van der Waals surface area contributed by atoms with Crippen molar-refractivity contribution in [2.75, 3.05) is 23.7 Å². The zero-order valence-corrected chi connectivity index (χ0v) is 14.1. The summed E-state index contributed by atoms with van der Waals surface area (Å²) in [5.74, 6) is 0.298. The molecule has 0 radical (unpaired) electrons. The van der Waals surface area contributed by atoms with E-state index in [-0.39, 0.29) is 37.2 Å². The van der Waals surface area contributed by atoms with Crippen LogP contribution in [0.15, 0.2) is 18.2 Å². The van der Waals surface area contributed by atoms with Crippen LogP contribution >= 0.6 is 37.2 Å². The van der Waals surface area contributed by atoms with Crippen molar-refractivity contribution in [2.45, 2.75) is 20.4 Å².